The van der Waals surface area contributed by atoms with Crippen LogP contribution >= 0.6 is 0 Å². The summed E-state index contributed by atoms with van der Waals surface area (Å²) in [6.45, 7) is 0. The lowest BCUT2D eigenvalue weighted by Gasteiger charge is -2.21. The standard InChI is InChI=1S/C18H15FN2O2/c1-21(2)17-15(18(22)23)13-10-12(19)8-9-14(13)20-16(17)11-6-4-3-5-7-11/h3-10H,1-2H3,(H,22,23). The van der Waals surface area contributed by atoms with E-state index in [0.717, 1.165) is 5.56 Å². The van der Waals surface area contributed by atoms with E-state index in [1.807, 2.05) is 30.3 Å². The Morgan fingerprint density at radius 3 is 2.43 bits per heavy atom. The van der Waals surface area contributed by atoms with Crippen LogP contribution in [0.5, 0.6) is 0 Å². The van der Waals surface area contributed by atoms with E-state index in [1.165, 1.54) is 18.2 Å². The lowest BCUT2D eigenvalue weighted by atomic mass is 10.0. The Morgan fingerprint density at radius 1 is 1.13 bits per heavy atom. The van der Waals surface area contributed by atoms with Crippen LogP contribution in [-0.4, -0.2) is 30.2 Å². The van der Waals surface area contributed by atoms with Gasteiger partial charge >= 0.3 is 5.97 Å². The van der Waals surface area contributed by atoms with Crippen LogP contribution in [0.1, 0.15) is 10.4 Å². The number of rotatable bonds is 3. The maximum absolute atomic E-state index is 13.6. The predicted octanol–water partition coefficient (Wildman–Crippen LogP) is 3.81. The largest absolute Gasteiger partial charge is 0.478 e. The summed E-state index contributed by atoms with van der Waals surface area (Å²) in [5.41, 5.74) is 2.34. The van der Waals surface area contributed by atoms with Gasteiger partial charge in [0, 0.05) is 25.0 Å². The summed E-state index contributed by atoms with van der Waals surface area (Å²) in [4.78, 5) is 18.1. The third kappa shape index (κ3) is 2.61. The van der Waals surface area contributed by atoms with Crippen LogP contribution in [0, 0.1) is 5.82 Å². The zero-order valence-electron chi connectivity index (χ0n) is 12.7. The Bertz CT molecular complexity index is 892. The molecule has 0 fully saturated rings. The molecule has 0 saturated heterocycles. The fourth-order valence-corrected chi connectivity index (χ4v) is 2.67. The van der Waals surface area contributed by atoms with Gasteiger partial charge in [-0.05, 0) is 18.2 Å². The van der Waals surface area contributed by atoms with Crippen molar-refractivity contribution < 1.29 is 14.3 Å². The number of benzene rings is 2. The number of anilines is 1. The molecule has 2 aromatic carbocycles. The van der Waals surface area contributed by atoms with Gasteiger partial charge in [0.2, 0.25) is 0 Å². The van der Waals surface area contributed by atoms with Crippen molar-refractivity contribution in [2.45, 2.75) is 0 Å². The molecule has 1 aromatic heterocycles. The monoisotopic (exact) mass is 310 g/mol. The van der Waals surface area contributed by atoms with E-state index in [0.29, 0.717) is 22.3 Å². The second kappa shape index (κ2) is 5.68. The van der Waals surface area contributed by atoms with E-state index in [4.69, 9.17) is 0 Å². The molecule has 0 aliphatic heterocycles. The molecule has 5 heteroatoms. The van der Waals surface area contributed by atoms with Crippen molar-refractivity contribution in [3.05, 3.63) is 59.9 Å². The van der Waals surface area contributed by atoms with Gasteiger partial charge < -0.3 is 10.0 Å². The van der Waals surface area contributed by atoms with Gasteiger partial charge in [-0.15, -0.1) is 0 Å². The van der Waals surface area contributed by atoms with Crippen LogP contribution < -0.4 is 4.90 Å². The zero-order chi connectivity index (χ0) is 16.6. The highest BCUT2D eigenvalue weighted by Gasteiger charge is 2.22. The van der Waals surface area contributed by atoms with Gasteiger partial charge in [-0.2, -0.15) is 0 Å². The topological polar surface area (TPSA) is 53.4 Å². The minimum Gasteiger partial charge on any atom is -0.478 e. The van der Waals surface area contributed by atoms with Crippen LogP contribution in [0.15, 0.2) is 48.5 Å². The molecule has 0 amide bonds. The van der Waals surface area contributed by atoms with Crippen molar-refractivity contribution in [3.8, 4) is 11.3 Å². The van der Waals surface area contributed by atoms with Gasteiger partial charge in [0.25, 0.3) is 0 Å². The van der Waals surface area contributed by atoms with Gasteiger partial charge in [0.1, 0.15) is 5.82 Å². The number of nitrogens with zero attached hydrogens (tertiary/aromatic N) is 2. The molecule has 1 N–H and O–H groups in total. The molecule has 0 radical (unpaired) electrons. The van der Waals surface area contributed by atoms with E-state index in [2.05, 4.69) is 4.98 Å². The van der Waals surface area contributed by atoms with Crippen LogP contribution in [0.3, 0.4) is 0 Å². The summed E-state index contributed by atoms with van der Waals surface area (Å²) in [6.07, 6.45) is 0. The van der Waals surface area contributed by atoms with Crippen molar-refractivity contribution >= 4 is 22.6 Å². The molecule has 1 heterocycles. The second-order valence-electron chi connectivity index (χ2n) is 5.41. The quantitative estimate of drug-likeness (QED) is 0.799. The Labute approximate surface area is 132 Å². The summed E-state index contributed by atoms with van der Waals surface area (Å²) < 4.78 is 13.6. The van der Waals surface area contributed by atoms with Gasteiger partial charge in [0.05, 0.1) is 22.5 Å². The molecular formula is C18H15FN2O2. The number of aromatic nitrogens is 1. The molecule has 0 unspecified atom stereocenters. The van der Waals surface area contributed by atoms with Gasteiger partial charge in [-0.3, -0.25) is 0 Å². The maximum atomic E-state index is 13.6. The number of carboxylic acid groups (broad SMARTS) is 1. The molecule has 0 bridgehead atoms. The van der Waals surface area contributed by atoms with E-state index >= 15 is 0 Å². The third-order valence-electron chi connectivity index (χ3n) is 3.63. The summed E-state index contributed by atoms with van der Waals surface area (Å²) in [5, 5.41) is 9.99. The van der Waals surface area contributed by atoms with Crippen LogP contribution in [-0.2, 0) is 0 Å². The van der Waals surface area contributed by atoms with Crippen molar-refractivity contribution in [1.29, 1.82) is 0 Å². The van der Waals surface area contributed by atoms with E-state index < -0.39 is 11.8 Å². The average molecular weight is 310 g/mol. The minimum absolute atomic E-state index is 0.0540. The number of halogens is 1. The first kappa shape index (κ1) is 15.0. The summed E-state index contributed by atoms with van der Waals surface area (Å²) in [5.74, 6) is -1.59. The first-order valence-corrected chi connectivity index (χ1v) is 7.08. The van der Waals surface area contributed by atoms with Crippen LogP contribution in [0.2, 0.25) is 0 Å². The van der Waals surface area contributed by atoms with Crippen molar-refractivity contribution in [2.75, 3.05) is 19.0 Å². The fraction of sp³-hybridized carbons (Fsp3) is 0.111. The zero-order valence-corrected chi connectivity index (χ0v) is 12.7. The lowest BCUT2D eigenvalue weighted by molar-refractivity contribution is 0.0699. The Hall–Kier alpha value is -2.95. The second-order valence-corrected chi connectivity index (χ2v) is 5.41. The molecule has 116 valence electrons. The molecule has 0 atom stereocenters. The maximum Gasteiger partial charge on any atom is 0.338 e. The van der Waals surface area contributed by atoms with E-state index in [1.54, 1.807) is 19.0 Å². The van der Waals surface area contributed by atoms with Gasteiger partial charge in [0.15, 0.2) is 0 Å². The number of carbonyl (C=O) groups is 1. The highest BCUT2D eigenvalue weighted by molar-refractivity contribution is 6.10. The molecule has 0 saturated carbocycles. The van der Waals surface area contributed by atoms with Gasteiger partial charge in [-0.25, -0.2) is 14.2 Å². The molecular weight excluding hydrogens is 295 g/mol. The molecule has 3 rings (SSSR count). The molecule has 0 aliphatic carbocycles. The van der Waals surface area contributed by atoms with Crippen molar-refractivity contribution in [2.24, 2.45) is 0 Å². The Morgan fingerprint density at radius 2 is 1.83 bits per heavy atom. The van der Waals surface area contributed by atoms with E-state index in [-0.39, 0.29) is 5.56 Å². The summed E-state index contributed by atoms with van der Waals surface area (Å²) in [6, 6.07) is 13.4. The number of pyridine rings is 1. The van der Waals surface area contributed by atoms with Crippen molar-refractivity contribution in [1.82, 2.24) is 4.98 Å². The van der Waals surface area contributed by atoms with Crippen LogP contribution in [0.25, 0.3) is 22.2 Å². The average Bonchev–Trinajstić information content (AvgIpc) is 2.53. The Kier molecular flexibility index (Phi) is 3.70. The number of hydrogen-bond acceptors (Lipinski definition) is 3. The molecule has 0 aliphatic rings. The Balaban J connectivity index is 2.47. The normalized spacial score (nSPS) is 10.7. The van der Waals surface area contributed by atoms with Crippen molar-refractivity contribution in [3.63, 3.8) is 0 Å². The highest BCUT2D eigenvalue weighted by Crippen LogP contribution is 2.36. The van der Waals surface area contributed by atoms with Crippen LogP contribution in [0.4, 0.5) is 10.1 Å². The molecule has 4 nitrogen and oxygen atoms in total. The third-order valence-corrected chi connectivity index (χ3v) is 3.63. The highest BCUT2D eigenvalue weighted by atomic mass is 19.1. The number of aromatic carboxylic acids is 1. The lowest BCUT2D eigenvalue weighted by Crippen LogP contribution is -2.16. The molecule has 23 heavy (non-hydrogen) atoms. The SMILES string of the molecule is CN(C)c1c(-c2ccccc2)nc2ccc(F)cc2c1C(=O)O. The first-order chi connectivity index (χ1) is 11.0. The number of hydrogen-bond donors (Lipinski definition) is 1. The minimum atomic E-state index is -1.11. The molecule has 0 spiro atoms. The molecule has 3 aromatic rings. The number of fused-ring (bicyclic) bond motifs is 1. The summed E-state index contributed by atoms with van der Waals surface area (Å²) >= 11 is 0. The smallest absolute Gasteiger partial charge is 0.338 e. The number of carboxylic acids is 1. The van der Waals surface area contributed by atoms with E-state index in [9.17, 15) is 14.3 Å². The van der Waals surface area contributed by atoms with Gasteiger partial charge in [-0.1, -0.05) is 30.3 Å². The first-order valence-electron chi connectivity index (χ1n) is 7.08. The fourth-order valence-electron chi connectivity index (χ4n) is 2.67. The predicted molar refractivity (Wildman–Crippen MR) is 88.4 cm³/mol. The summed E-state index contributed by atoms with van der Waals surface area (Å²) in [7, 11) is 3.50.